The first-order chi connectivity index (χ1) is 6.18. The maximum Gasteiger partial charge on any atom is 0.149 e. The number of likely N-dealkylation sites (tertiary alicyclic amines) is 1. The molecule has 2 nitrogen and oxygen atoms in total. The molecule has 1 aliphatic heterocycles. The van der Waals surface area contributed by atoms with Crippen molar-refractivity contribution in [2.24, 2.45) is 5.92 Å². The van der Waals surface area contributed by atoms with Gasteiger partial charge in [-0.15, -0.1) is 0 Å². The topological polar surface area (TPSA) is 20.3 Å². The first-order valence-corrected chi connectivity index (χ1v) is 5.47. The Labute approximate surface area is 80.3 Å². The van der Waals surface area contributed by atoms with E-state index < -0.39 is 0 Å². The Balaban J connectivity index is 2.04. The standard InChI is InChI=1S/C11H19NO/c1-8-6-9(2)12(7-8)10-4-3-5-11(10)13/h8-10H,3-7H2,1-2H3. The molecule has 1 saturated heterocycles. The zero-order valence-electron chi connectivity index (χ0n) is 8.62. The van der Waals surface area contributed by atoms with Crippen molar-refractivity contribution < 1.29 is 4.79 Å². The SMILES string of the molecule is CC1CC(C)N(C2CCCC2=O)C1. The molecule has 0 aromatic carbocycles. The van der Waals surface area contributed by atoms with Gasteiger partial charge in [-0.3, -0.25) is 9.69 Å². The molecule has 1 heterocycles. The third-order valence-corrected chi connectivity index (χ3v) is 3.50. The van der Waals surface area contributed by atoms with E-state index in [9.17, 15) is 4.79 Å². The fourth-order valence-corrected chi connectivity index (χ4v) is 2.91. The Bertz CT molecular complexity index is 214. The van der Waals surface area contributed by atoms with Crippen LogP contribution in [0.3, 0.4) is 0 Å². The van der Waals surface area contributed by atoms with Crippen LogP contribution in [-0.4, -0.2) is 29.3 Å². The lowest BCUT2D eigenvalue weighted by Crippen LogP contribution is -2.40. The molecule has 3 unspecified atom stereocenters. The van der Waals surface area contributed by atoms with Crippen LogP contribution >= 0.6 is 0 Å². The highest BCUT2D eigenvalue weighted by Gasteiger charge is 2.37. The molecule has 0 spiro atoms. The van der Waals surface area contributed by atoms with Crippen LogP contribution in [0.5, 0.6) is 0 Å². The van der Waals surface area contributed by atoms with Gasteiger partial charge in [-0.05, 0) is 32.1 Å². The van der Waals surface area contributed by atoms with Crippen LogP contribution in [-0.2, 0) is 4.79 Å². The normalized spacial score (nSPS) is 41.7. The summed E-state index contributed by atoms with van der Waals surface area (Å²) in [5.41, 5.74) is 0. The largest absolute Gasteiger partial charge is 0.298 e. The smallest absolute Gasteiger partial charge is 0.149 e. The van der Waals surface area contributed by atoms with Crippen molar-refractivity contribution in [3.05, 3.63) is 0 Å². The summed E-state index contributed by atoms with van der Waals surface area (Å²) in [7, 11) is 0. The van der Waals surface area contributed by atoms with Gasteiger partial charge in [0.05, 0.1) is 6.04 Å². The van der Waals surface area contributed by atoms with Crippen LogP contribution in [0, 0.1) is 5.92 Å². The van der Waals surface area contributed by atoms with Crippen LogP contribution in [0.4, 0.5) is 0 Å². The highest BCUT2D eigenvalue weighted by molar-refractivity contribution is 5.85. The molecule has 1 saturated carbocycles. The Hall–Kier alpha value is -0.370. The van der Waals surface area contributed by atoms with Crippen LogP contribution in [0.1, 0.15) is 39.5 Å². The molecule has 2 rings (SSSR count). The average Bonchev–Trinajstić information content (AvgIpc) is 2.58. The summed E-state index contributed by atoms with van der Waals surface area (Å²) < 4.78 is 0. The molecule has 0 aromatic heterocycles. The minimum Gasteiger partial charge on any atom is -0.298 e. The van der Waals surface area contributed by atoms with Gasteiger partial charge < -0.3 is 0 Å². The van der Waals surface area contributed by atoms with Crippen LogP contribution in [0.25, 0.3) is 0 Å². The Morgan fingerprint density at radius 3 is 2.62 bits per heavy atom. The molecule has 13 heavy (non-hydrogen) atoms. The van der Waals surface area contributed by atoms with E-state index in [1.54, 1.807) is 0 Å². The number of nitrogens with zero attached hydrogens (tertiary/aromatic N) is 1. The summed E-state index contributed by atoms with van der Waals surface area (Å²) in [5.74, 6) is 1.27. The maximum atomic E-state index is 11.6. The van der Waals surface area contributed by atoms with Gasteiger partial charge in [-0.1, -0.05) is 6.92 Å². The lowest BCUT2D eigenvalue weighted by atomic mass is 10.1. The van der Waals surface area contributed by atoms with Crippen molar-refractivity contribution in [1.29, 1.82) is 0 Å². The minimum absolute atomic E-state index is 0.278. The maximum absolute atomic E-state index is 11.6. The van der Waals surface area contributed by atoms with Crippen molar-refractivity contribution in [1.82, 2.24) is 4.90 Å². The van der Waals surface area contributed by atoms with E-state index in [4.69, 9.17) is 0 Å². The monoisotopic (exact) mass is 181 g/mol. The molecule has 3 atom stereocenters. The van der Waals surface area contributed by atoms with E-state index in [1.807, 2.05) is 0 Å². The summed E-state index contributed by atoms with van der Waals surface area (Å²) in [6.07, 6.45) is 4.31. The van der Waals surface area contributed by atoms with Crippen LogP contribution in [0.2, 0.25) is 0 Å². The molecule has 2 aliphatic rings. The van der Waals surface area contributed by atoms with Gasteiger partial charge in [-0.2, -0.15) is 0 Å². The molecular weight excluding hydrogens is 162 g/mol. The number of rotatable bonds is 1. The molecule has 0 amide bonds. The Morgan fingerprint density at radius 2 is 2.15 bits per heavy atom. The van der Waals surface area contributed by atoms with E-state index >= 15 is 0 Å². The fourth-order valence-electron chi connectivity index (χ4n) is 2.91. The van der Waals surface area contributed by atoms with Gasteiger partial charge in [0.15, 0.2) is 0 Å². The Kier molecular flexibility index (Phi) is 2.41. The van der Waals surface area contributed by atoms with Gasteiger partial charge in [-0.25, -0.2) is 0 Å². The first kappa shape index (κ1) is 9.20. The van der Waals surface area contributed by atoms with Crippen molar-refractivity contribution in [2.45, 2.75) is 51.6 Å². The molecular formula is C11H19NO. The number of carbonyl (C=O) groups is 1. The average molecular weight is 181 g/mol. The summed E-state index contributed by atoms with van der Waals surface area (Å²) in [5, 5.41) is 0. The fraction of sp³-hybridized carbons (Fsp3) is 0.909. The molecule has 2 heteroatoms. The summed E-state index contributed by atoms with van der Waals surface area (Å²) >= 11 is 0. The number of ketones is 1. The van der Waals surface area contributed by atoms with E-state index in [-0.39, 0.29) is 6.04 Å². The van der Waals surface area contributed by atoms with Crippen LogP contribution in [0.15, 0.2) is 0 Å². The molecule has 2 fully saturated rings. The summed E-state index contributed by atoms with van der Waals surface area (Å²) in [6.45, 7) is 5.68. The zero-order valence-corrected chi connectivity index (χ0v) is 8.62. The molecule has 74 valence electrons. The number of carbonyl (C=O) groups excluding carboxylic acids is 1. The number of hydrogen-bond acceptors (Lipinski definition) is 2. The minimum atomic E-state index is 0.278. The van der Waals surface area contributed by atoms with E-state index in [1.165, 1.54) is 6.42 Å². The second-order valence-corrected chi connectivity index (χ2v) is 4.76. The van der Waals surface area contributed by atoms with Gasteiger partial charge >= 0.3 is 0 Å². The number of Topliss-reactive ketones (excluding diaryl/α,β-unsaturated/α-hetero) is 1. The van der Waals surface area contributed by atoms with E-state index in [2.05, 4.69) is 18.7 Å². The summed E-state index contributed by atoms with van der Waals surface area (Å²) in [6, 6.07) is 0.905. The lowest BCUT2D eigenvalue weighted by Gasteiger charge is -2.26. The van der Waals surface area contributed by atoms with Crippen LogP contribution < -0.4 is 0 Å². The molecule has 0 aromatic rings. The predicted octanol–water partition coefficient (Wildman–Crippen LogP) is 1.84. The van der Waals surface area contributed by atoms with Gasteiger partial charge in [0.2, 0.25) is 0 Å². The third-order valence-electron chi connectivity index (χ3n) is 3.50. The van der Waals surface area contributed by atoms with Gasteiger partial charge in [0, 0.05) is 19.0 Å². The summed E-state index contributed by atoms with van der Waals surface area (Å²) in [4.78, 5) is 14.0. The first-order valence-electron chi connectivity index (χ1n) is 5.47. The third kappa shape index (κ3) is 1.64. The second-order valence-electron chi connectivity index (χ2n) is 4.76. The van der Waals surface area contributed by atoms with Crippen molar-refractivity contribution in [3.63, 3.8) is 0 Å². The molecule has 0 bridgehead atoms. The highest BCUT2D eigenvalue weighted by Crippen LogP contribution is 2.30. The molecule has 1 aliphatic carbocycles. The molecule has 0 radical (unpaired) electrons. The van der Waals surface area contributed by atoms with Crippen molar-refractivity contribution in [3.8, 4) is 0 Å². The van der Waals surface area contributed by atoms with E-state index in [0.717, 1.165) is 31.7 Å². The van der Waals surface area contributed by atoms with Crippen molar-refractivity contribution >= 4 is 5.78 Å². The number of hydrogen-bond donors (Lipinski definition) is 0. The second kappa shape index (κ2) is 3.41. The lowest BCUT2D eigenvalue weighted by molar-refractivity contribution is -0.122. The van der Waals surface area contributed by atoms with Gasteiger partial charge in [0.1, 0.15) is 5.78 Å². The van der Waals surface area contributed by atoms with Gasteiger partial charge in [0.25, 0.3) is 0 Å². The highest BCUT2D eigenvalue weighted by atomic mass is 16.1. The zero-order chi connectivity index (χ0) is 9.42. The van der Waals surface area contributed by atoms with Crippen molar-refractivity contribution in [2.75, 3.05) is 6.54 Å². The predicted molar refractivity (Wildman–Crippen MR) is 52.6 cm³/mol. The quantitative estimate of drug-likeness (QED) is 0.615. The van der Waals surface area contributed by atoms with E-state index in [0.29, 0.717) is 11.8 Å². The molecule has 0 N–H and O–H groups in total. The Morgan fingerprint density at radius 1 is 1.38 bits per heavy atom.